The van der Waals surface area contributed by atoms with Crippen LogP contribution in [0.3, 0.4) is 0 Å². The highest BCUT2D eigenvalue weighted by Gasteiger charge is 2.68. The molecule has 0 bridgehead atoms. The fraction of sp³-hybridized carbons (Fsp3) is 0.345. The molecule has 2 aromatic carbocycles. The van der Waals surface area contributed by atoms with Crippen molar-refractivity contribution in [2.24, 2.45) is 11.8 Å². The van der Waals surface area contributed by atoms with E-state index in [0.717, 1.165) is 12.5 Å². The van der Waals surface area contributed by atoms with Crippen LogP contribution in [-0.2, 0) is 14.4 Å². The van der Waals surface area contributed by atoms with E-state index in [9.17, 15) is 39.9 Å². The normalized spacial score (nSPS) is 30.8. The Morgan fingerprint density at radius 1 is 1.00 bits per heavy atom. The zero-order valence-electron chi connectivity index (χ0n) is 21.3. The molecule has 6 atom stereocenters. The molecule has 9 heteroatoms. The van der Waals surface area contributed by atoms with Gasteiger partial charge in [0.05, 0.1) is 23.6 Å². The van der Waals surface area contributed by atoms with Gasteiger partial charge in [-0.2, -0.15) is 0 Å². The van der Waals surface area contributed by atoms with Crippen molar-refractivity contribution >= 4 is 23.1 Å². The molecule has 0 spiro atoms. The number of aromatic hydroxyl groups is 1. The summed E-state index contributed by atoms with van der Waals surface area (Å²) in [5.41, 5.74) is -1.94. The summed E-state index contributed by atoms with van der Waals surface area (Å²) < 4.78 is 0. The third-order valence-corrected chi connectivity index (χ3v) is 8.20. The molecule has 0 aliphatic heterocycles. The van der Waals surface area contributed by atoms with E-state index in [1.54, 1.807) is 12.1 Å². The number of nitrogens with zero attached hydrogens (tertiary/aromatic N) is 1. The molecular weight excluding hydrogens is 490 g/mol. The predicted molar refractivity (Wildman–Crippen MR) is 136 cm³/mol. The lowest BCUT2D eigenvalue weighted by atomic mass is 9.53. The van der Waals surface area contributed by atoms with Crippen molar-refractivity contribution in [3.05, 3.63) is 81.6 Å². The molecule has 0 heterocycles. The van der Waals surface area contributed by atoms with Crippen molar-refractivity contribution < 1.29 is 39.9 Å². The number of likely N-dealkylation sites (N-methyl/N-ethyl adjacent to an activating group) is 1. The van der Waals surface area contributed by atoms with Crippen molar-refractivity contribution in [1.82, 2.24) is 4.90 Å². The van der Waals surface area contributed by atoms with E-state index < -0.39 is 75.5 Å². The van der Waals surface area contributed by atoms with Crippen LogP contribution in [0.2, 0.25) is 0 Å². The standard InChI is InChI=1S/C29H29NO8/c1-12-8-10-14(11-9-12)18-15-6-5-7-16(32)19(15)24(33)21-20(18)25(34)22-23(30(3)4)26(35)17(13(2)31)27(36)29(22,38)28(21)37/h5-11,18,20,22-23,25,32-34,36,38H,1-4H3/t18-,20-,22-,23+,25+,29-/m1/s1. The van der Waals surface area contributed by atoms with E-state index in [0.29, 0.717) is 11.1 Å². The topological polar surface area (TPSA) is 156 Å². The van der Waals surface area contributed by atoms with Gasteiger partial charge in [0.25, 0.3) is 0 Å². The number of aliphatic hydroxyl groups excluding tert-OH is 3. The quantitative estimate of drug-likeness (QED) is 0.383. The molecule has 1 saturated carbocycles. The number of Topliss-reactive ketones (excluding diaryl/α,β-unsaturated/α-hetero) is 3. The van der Waals surface area contributed by atoms with Gasteiger partial charge in [0.1, 0.15) is 22.8 Å². The molecule has 0 aromatic heterocycles. The molecule has 5 N–H and O–H groups in total. The van der Waals surface area contributed by atoms with Crippen molar-refractivity contribution in [3.8, 4) is 5.75 Å². The van der Waals surface area contributed by atoms with Gasteiger partial charge >= 0.3 is 0 Å². The molecule has 0 saturated heterocycles. The van der Waals surface area contributed by atoms with Gasteiger partial charge in [0.2, 0.25) is 5.78 Å². The maximum Gasteiger partial charge on any atom is 0.202 e. The molecule has 3 aliphatic carbocycles. The molecule has 9 nitrogen and oxygen atoms in total. The summed E-state index contributed by atoms with van der Waals surface area (Å²) in [6.45, 7) is 2.93. The van der Waals surface area contributed by atoms with Gasteiger partial charge in [0, 0.05) is 17.4 Å². The Morgan fingerprint density at radius 3 is 2.21 bits per heavy atom. The van der Waals surface area contributed by atoms with Crippen LogP contribution in [0.25, 0.3) is 5.76 Å². The van der Waals surface area contributed by atoms with Crippen molar-refractivity contribution in [3.63, 3.8) is 0 Å². The van der Waals surface area contributed by atoms with Crippen LogP contribution < -0.4 is 0 Å². The fourth-order valence-corrected chi connectivity index (χ4v) is 6.54. The Hall–Kier alpha value is -3.79. The minimum atomic E-state index is -2.87. The van der Waals surface area contributed by atoms with E-state index in [-0.39, 0.29) is 11.3 Å². The molecule has 38 heavy (non-hydrogen) atoms. The Labute approximate surface area is 219 Å². The van der Waals surface area contributed by atoms with E-state index in [1.165, 1.54) is 25.1 Å². The third kappa shape index (κ3) is 3.25. The fourth-order valence-electron chi connectivity index (χ4n) is 6.54. The smallest absolute Gasteiger partial charge is 0.202 e. The van der Waals surface area contributed by atoms with Crippen LogP contribution in [0.4, 0.5) is 0 Å². The number of carbonyl (C=O) groups is 3. The van der Waals surface area contributed by atoms with E-state index in [4.69, 9.17) is 0 Å². The number of aryl methyl sites for hydroxylation is 1. The van der Waals surface area contributed by atoms with Crippen LogP contribution in [0.1, 0.15) is 35.1 Å². The van der Waals surface area contributed by atoms with Crippen LogP contribution in [0.5, 0.6) is 5.75 Å². The summed E-state index contributed by atoms with van der Waals surface area (Å²) in [5, 5.41) is 57.0. The Balaban J connectivity index is 1.86. The number of benzene rings is 2. The number of carbonyl (C=O) groups excluding carboxylic acids is 3. The summed E-state index contributed by atoms with van der Waals surface area (Å²) in [7, 11) is 3.02. The van der Waals surface area contributed by atoms with Crippen molar-refractivity contribution in [1.29, 1.82) is 0 Å². The average Bonchev–Trinajstić information content (AvgIpc) is 2.84. The first-order valence-corrected chi connectivity index (χ1v) is 12.3. The lowest BCUT2D eigenvalue weighted by Crippen LogP contribution is -2.70. The first kappa shape index (κ1) is 25.8. The number of rotatable bonds is 3. The number of fused-ring (bicyclic) bond motifs is 3. The lowest BCUT2D eigenvalue weighted by Gasteiger charge is -2.54. The third-order valence-electron chi connectivity index (χ3n) is 8.20. The van der Waals surface area contributed by atoms with Gasteiger partial charge in [-0.1, -0.05) is 42.0 Å². The molecule has 5 rings (SSSR count). The summed E-state index contributed by atoms with van der Waals surface area (Å²) in [5.74, 6) is -8.37. The van der Waals surface area contributed by atoms with Crippen LogP contribution in [-0.4, -0.2) is 79.6 Å². The average molecular weight is 520 g/mol. The minimum absolute atomic E-state index is 0.0294. The maximum absolute atomic E-state index is 14.2. The summed E-state index contributed by atoms with van der Waals surface area (Å²) in [4.78, 5) is 41.4. The Bertz CT molecular complexity index is 1450. The van der Waals surface area contributed by atoms with Gasteiger partial charge < -0.3 is 25.5 Å². The van der Waals surface area contributed by atoms with Crippen LogP contribution >= 0.6 is 0 Å². The largest absolute Gasteiger partial charge is 0.508 e. The van der Waals surface area contributed by atoms with Gasteiger partial charge in [-0.05, 0) is 45.1 Å². The number of hydrogen-bond acceptors (Lipinski definition) is 9. The summed E-state index contributed by atoms with van der Waals surface area (Å²) >= 11 is 0. The van der Waals surface area contributed by atoms with E-state index >= 15 is 0 Å². The zero-order chi connectivity index (χ0) is 27.8. The number of ketones is 3. The lowest BCUT2D eigenvalue weighted by molar-refractivity contribution is -0.169. The van der Waals surface area contributed by atoms with Crippen molar-refractivity contribution in [2.45, 2.75) is 37.5 Å². The maximum atomic E-state index is 14.2. The minimum Gasteiger partial charge on any atom is -0.508 e. The highest BCUT2D eigenvalue weighted by molar-refractivity contribution is 6.25. The molecule has 3 aliphatic rings. The monoisotopic (exact) mass is 519 g/mol. The summed E-state index contributed by atoms with van der Waals surface area (Å²) in [6.07, 6.45) is -1.64. The second-order valence-electron chi connectivity index (χ2n) is 10.6. The first-order chi connectivity index (χ1) is 17.8. The number of phenolic OH excluding ortho intramolecular Hbond substituents is 1. The van der Waals surface area contributed by atoms with E-state index in [1.807, 2.05) is 31.2 Å². The molecular formula is C29H29NO8. The predicted octanol–water partition coefficient (Wildman–Crippen LogP) is 1.94. The van der Waals surface area contributed by atoms with Crippen molar-refractivity contribution in [2.75, 3.05) is 14.1 Å². The molecule has 198 valence electrons. The molecule has 0 unspecified atom stereocenters. The SMILES string of the molecule is CC(=O)C1=C(O)[C@@]2(O)C(=O)C3=C(O)c4c(O)cccc4[C@@H](c4ccc(C)cc4)[C@H]3[C@H](O)[C@H]2[C@H](N(C)C)C1=O. The second-order valence-corrected chi connectivity index (χ2v) is 10.6. The molecule has 0 radical (unpaired) electrons. The molecule has 1 fully saturated rings. The number of hydrogen-bond donors (Lipinski definition) is 5. The second kappa shape index (κ2) is 8.62. The highest BCUT2D eigenvalue weighted by Crippen LogP contribution is 2.57. The van der Waals surface area contributed by atoms with Gasteiger partial charge in [-0.15, -0.1) is 0 Å². The molecule has 0 amide bonds. The van der Waals surface area contributed by atoms with Crippen LogP contribution in [0, 0.1) is 18.8 Å². The van der Waals surface area contributed by atoms with Crippen LogP contribution in [0.15, 0.2) is 59.4 Å². The first-order valence-electron chi connectivity index (χ1n) is 12.3. The Morgan fingerprint density at radius 2 is 1.63 bits per heavy atom. The molecule has 2 aromatic rings. The zero-order valence-corrected chi connectivity index (χ0v) is 21.3. The van der Waals surface area contributed by atoms with Gasteiger partial charge in [-0.3, -0.25) is 19.3 Å². The van der Waals surface area contributed by atoms with Gasteiger partial charge in [0.15, 0.2) is 17.2 Å². The number of phenols is 1. The van der Waals surface area contributed by atoms with Gasteiger partial charge in [-0.25, -0.2) is 0 Å². The number of aliphatic hydroxyl groups is 4. The Kier molecular flexibility index (Phi) is 5.86. The summed E-state index contributed by atoms with van der Waals surface area (Å²) in [6, 6.07) is 10.6. The van der Waals surface area contributed by atoms with E-state index in [2.05, 4.69) is 0 Å². The highest BCUT2D eigenvalue weighted by atomic mass is 16.4.